The second-order valence-electron chi connectivity index (χ2n) is 4.18. The molecule has 0 aliphatic heterocycles. The zero-order chi connectivity index (χ0) is 15.5. The van der Waals surface area contributed by atoms with Gasteiger partial charge in [-0.05, 0) is 18.2 Å². The van der Waals surface area contributed by atoms with Crippen molar-refractivity contribution in [3.8, 4) is 11.8 Å². The summed E-state index contributed by atoms with van der Waals surface area (Å²) in [5.74, 6) is 5.47. The van der Waals surface area contributed by atoms with E-state index in [0.29, 0.717) is 10.6 Å². The van der Waals surface area contributed by atoms with Gasteiger partial charge >= 0.3 is 0 Å². The van der Waals surface area contributed by atoms with Crippen LogP contribution in [0.1, 0.15) is 5.56 Å². The van der Waals surface area contributed by atoms with Crippen LogP contribution in [0.3, 0.4) is 0 Å². The van der Waals surface area contributed by atoms with Gasteiger partial charge in [-0.2, -0.15) is 8.42 Å². The molecule has 0 fully saturated rings. The van der Waals surface area contributed by atoms with Crippen molar-refractivity contribution in [2.45, 2.75) is 5.03 Å². The first kappa shape index (κ1) is 15.4. The SMILES string of the molecule is Cn1cnc(S(=O)(=O)Nc2cc(Cl)ccc2C#CCN)c1. The van der Waals surface area contributed by atoms with Crippen LogP contribution >= 0.6 is 11.6 Å². The molecule has 2 aromatic rings. The van der Waals surface area contributed by atoms with E-state index in [1.165, 1.54) is 18.6 Å². The largest absolute Gasteiger partial charge is 0.339 e. The van der Waals surface area contributed by atoms with E-state index in [1.54, 1.807) is 23.7 Å². The quantitative estimate of drug-likeness (QED) is 0.830. The Morgan fingerprint density at radius 3 is 2.86 bits per heavy atom. The molecule has 1 aromatic carbocycles. The minimum Gasteiger partial charge on any atom is -0.339 e. The number of nitrogens with zero attached hydrogens (tertiary/aromatic N) is 2. The Morgan fingerprint density at radius 1 is 1.48 bits per heavy atom. The van der Waals surface area contributed by atoms with Crippen molar-refractivity contribution in [3.05, 3.63) is 41.3 Å². The molecule has 0 radical (unpaired) electrons. The van der Waals surface area contributed by atoms with Crippen molar-refractivity contribution in [3.63, 3.8) is 0 Å². The summed E-state index contributed by atoms with van der Waals surface area (Å²) >= 11 is 5.90. The second-order valence-corrected chi connectivity index (χ2v) is 6.24. The van der Waals surface area contributed by atoms with Crippen molar-refractivity contribution in [2.24, 2.45) is 12.8 Å². The van der Waals surface area contributed by atoms with Crippen molar-refractivity contribution in [1.82, 2.24) is 9.55 Å². The van der Waals surface area contributed by atoms with Gasteiger partial charge in [-0.15, -0.1) is 0 Å². The fourth-order valence-corrected chi connectivity index (χ4v) is 2.81. The van der Waals surface area contributed by atoms with E-state index < -0.39 is 10.0 Å². The molecule has 3 N–H and O–H groups in total. The number of halogens is 1. The zero-order valence-corrected chi connectivity index (χ0v) is 12.7. The number of hydrogen-bond donors (Lipinski definition) is 2. The Bertz CT molecular complexity index is 818. The summed E-state index contributed by atoms with van der Waals surface area (Å²) < 4.78 is 28.5. The van der Waals surface area contributed by atoms with Crippen LogP contribution in [-0.2, 0) is 17.1 Å². The van der Waals surface area contributed by atoms with E-state index in [0.717, 1.165) is 0 Å². The van der Waals surface area contributed by atoms with Crippen molar-refractivity contribution in [1.29, 1.82) is 0 Å². The molecular weight excluding hydrogens is 312 g/mol. The number of rotatable bonds is 3. The van der Waals surface area contributed by atoms with Gasteiger partial charge in [-0.1, -0.05) is 23.4 Å². The number of nitrogens with one attached hydrogen (secondary N) is 1. The highest BCUT2D eigenvalue weighted by molar-refractivity contribution is 7.92. The number of imidazole rings is 1. The van der Waals surface area contributed by atoms with Gasteiger partial charge in [0, 0.05) is 23.8 Å². The Morgan fingerprint density at radius 2 is 2.24 bits per heavy atom. The molecule has 6 nitrogen and oxygen atoms in total. The molecule has 21 heavy (non-hydrogen) atoms. The number of sulfonamides is 1. The van der Waals surface area contributed by atoms with Gasteiger partial charge in [-0.3, -0.25) is 4.72 Å². The summed E-state index contributed by atoms with van der Waals surface area (Å²) in [4.78, 5) is 3.82. The Hall–Kier alpha value is -2.01. The lowest BCUT2D eigenvalue weighted by Gasteiger charge is -2.08. The van der Waals surface area contributed by atoms with Crippen LogP contribution in [0.15, 0.2) is 35.7 Å². The van der Waals surface area contributed by atoms with Crippen molar-refractivity contribution < 1.29 is 8.42 Å². The van der Waals surface area contributed by atoms with Gasteiger partial charge < -0.3 is 10.3 Å². The van der Waals surface area contributed by atoms with Gasteiger partial charge in [0.15, 0.2) is 5.03 Å². The van der Waals surface area contributed by atoms with Gasteiger partial charge in [0.2, 0.25) is 0 Å². The normalized spacial score (nSPS) is 10.8. The fourth-order valence-electron chi connectivity index (χ4n) is 1.58. The van der Waals surface area contributed by atoms with E-state index in [-0.39, 0.29) is 17.3 Å². The summed E-state index contributed by atoms with van der Waals surface area (Å²) in [5.41, 5.74) is 6.10. The molecule has 0 atom stereocenters. The van der Waals surface area contributed by atoms with E-state index in [2.05, 4.69) is 21.5 Å². The summed E-state index contributed by atoms with van der Waals surface area (Å²) in [6.07, 6.45) is 2.81. The van der Waals surface area contributed by atoms with E-state index in [4.69, 9.17) is 17.3 Å². The minimum atomic E-state index is -3.80. The first-order chi connectivity index (χ1) is 9.92. The number of aryl methyl sites for hydroxylation is 1. The minimum absolute atomic E-state index is 0.0808. The van der Waals surface area contributed by atoms with E-state index in [9.17, 15) is 8.42 Å². The average Bonchev–Trinajstić information content (AvgIpc) is 2.85. The molecular formula is C13H13ClN4O2S. The number of hydrogen-bond acceptors (Lipinski definition) is 4. The second kappa shape index (κ2) is 6.18. The van der Waals surface area contributed by atoms with Gasteiger partial charge in [0.05, 0.1) is 18.6 Å². The molecule has 0 spiro atoms. The van der Waals surface area contributed by atoms with Crippen LogP contribution in [0, 0.1) is 11.8 Å². The maximum Gasteiger partial charge on any atom is 0.280 e. The third kappa shape index (κ3) is 3.76. The molecule has 110 valence electrons. The Labute approximate surface area is 128 Å². The molecule has 0 unspecified atom stereocenters. The van der Waals surface area contributed by atoms with Crippen LogP contribution in [0.5, 0.6) is 0 Å². The first-order valence-electron chi connectivity index (χ1n) is 5.91. The average molecular weight is 325 g/mol. The predicted octanol–water partition coefficient (Wildman–Crippen LogP) is 1.18. The lowest BCUT2D eigenvalue weighted by molar-refractivity contribution is 0.598. The first-order valence-corrected chi connectivity index (χ1v) is 7.78. The lowest BCUT2D eigenvalue weighted by atomic mass is 10.2. The molecule has 0 saturated heterocycles. The Kier molecular flexibility index (Phi) is 4.53. The zero-order valence-electron chi connectivity index (χ0n) is 11.2. The number of anilines is 1. The standard InChI is InChI=1S/C13H13ClN4O2S/c1-18-8-13(16-9-18)21(19,20)17-12-7-11(14)5-4-10(12)3-2-6-15/h4-5,7-9,17H,6,15H2,1H3. The molecule has 0 saturated carbocycles. The molecule has 8 heteroatoms. The summed E-state index contributed by atoms with van der Waals surface area (Å²) in [7, 11) is -2.11. The van der Waals surface area contributed by atoms with Crippen LogP contribution in [-0.4, -0.2) is 24.5 Å². The third-order valence-corrected chi connectivity index (χ3v) is 3.99. The monoisotopic (exact) mass is 324 g/mol. The molecule has 0 bridgehead atoms. The Balaban J connectivity index is 2.41. The molecule has 0 aliphatic rings. The highest BCUT2D eigenvalue weighted by atomic mass is 35.5. The highest BCUT2D eigenvalue weighted by Gasteiger charge is 2.18. The maximum absolute atomic E-state index is 12.2. The van der Waals surface area contributed by atoms with Crippen molar-refractivity contribution >= 4 is 27.3 Å². The molecule has 0 aliphatic carbocycles. The van der Waals surface area contributed by atoms with E-state index >= 15 is 0 Å². The highest BCUT2D eigenvalue weighted by Crippen LogP contribution is 2.23. The summed E-state index contributed by atoms with van der Waals surface area (Å²) in [5, 5.41) is 0.315. The summed E-state index contributed by atoms with van der Waals surface area (Å²) in [6.45, 7) is 0.176. The van der Waals surface area contributed by atoms with Gasteiger partial charge in [-0.25, -0.2) is 4.98 Å². The van der Waals surface area contributed by atoms with Crippen LogP contribution in [0.25, 0.3) is 0 Å². The van der Waals surface area contributed by atoms with Gasteiger partial charge in [0.25, 0.3) is 10.0 Å². The van der Waals surface area contributed by atoms with Crippen LogP contribution in [0.4, 0.5) is 5.69 Å². The van der Waals surface area contributed by atoms with Crippen molar-refractivity contribution in [2.75, 3.05) is 11.3 Å². The molecule has 2 rings (SSSR count). The molecule has 0 amide bonds. The van der Waals surface area contributed by atoms with Crippen LogP contribution in [0.2, 0.25) is 5.02 Å². The fraction of sp³-hybridized carbons (Fsp3) is 0.154. The van der Waals surface area contributed by atoms with E-state index in [1.807, 2.05) is 0 Å². The smallest absolute Gasteiger partial charge is 0.280 e. The summed E-state index contributed by atoms with van der Waals surface area (Å²) in [6, 6.07) is 4.74. The molecule has 1 aromatic heterocycles. The number of nitrogens with two attached hydrogens (primary N) is 1. The maximum atomic E-state index is 12.2. The third-order valence-electron chi connectivity index (χ3n) is 2.51. The number of aromatic nitrogens is 2. The molecule has 1 heterocycles. The van der Waals surface area contributed by atoms with Crippen LogP contribution < -0.4 is 10.5 Å². The number of benzene rings is 1. The lowest BCUT2D eigenvalue weighted by Crippen LogP contribution is -2.14. The topological polar surface area (TPSA) is 90.0 Å². The predicted molar refractivity (Wildman–Crippen MR) is 81.4 cm³/mol. The van der Waals surface area contributed by atoms with Gasteiger partial charge in [0.1, 0.15) is 0 Å².